The number of nitrogens with zero attached hydrogens (tertiary/aromatic N) is 1. The smallest absolute Gasteiger partial charge is 0.260 e. The van der Waals surface area contributed by atoms with Crippen LogP contribution in [0, 0.1) is 5.41 Å². The Balaban J connectivity index is 2.05. The van der Waals surface area contributed by atoms with E-state index < -0.39 is 5.41 Å². The van der Waals surface area contributed by atoms with Gasteiger partial charge >= 0.3 is 0 Å². The predicted octanol–water partition coefficient (Wildman–Crippen LogP) is 3.28. The number of amides is 1. The predicted molar refractivity (Wildman–Crippen MR) is 93.5 cm³/mol. The van der Waals surface area contributed by atoms with E-state index in [9.17, 15) is 9.59 Å². The van der Waals surface area contributed by atoms with E-state index in [4.69, 9.17) is 0 Å². The summed E-state index contributed by atoms with van der Waals surface area (Å²) in [7, 11) is 0. The van der Waals surface area contributed by atoms with Gasteiger partial charge in [-0.2, -0.15) is 0 Å². The van der Waals surface area contributed by atoms with Crippen LogP contribution in [0.3, 0.4) is 0 Å². The molecule has 0 spiro atoms. The van der Waals surface area contributed by atoms with E-state index in [1.807, 2.05) is 39.0 Å². The van der Waals surface area contributed by atoms with Crippen molar-refractivity contribution in [3.8, 4) is 11.1 Å². The van der Waals surface area contributed by atoms with Gasteiger partial charge in [-0.3, -0.25) is 19.9 Å². The minimum atomic E-state index is -0.550. The van der Waals surface area contributed by atoms with Gasteiger partial charge in [-0.1, -0.05) is 42.8 Å². The number of aromatic amines is 1. The first-order valence-electron chi connectivity index (χ1n) is 7.49. The Bertz CT molecular complexity index is 850. The van der Waals surface area contributed by atoms with Gasteiger partial charge in [-0.05, 0) is 36.1 Å². The first-order chi connectivity index (χ1) is 10.8. The highest BCUT2D eigenvalue weighted by Gasteiger charge is 2.25. The van der Waals surface area contributed by atoms with E-state index >= 15 is 0 Å². The van der Waals surface area contributed by atoms with Crippen LogP contribution >= 0.6 is 15.9 Å². The van der Waals surface area contributed by atoms with E-state index in [1.165, 1.54) is 0 Å². The van der Waals surface area contributed by atoms with E-state index in [2.05, 4.69) is 31.2 Å². The molecule has 1 aliphatic carbocycles. The molecule has 0 saturated carbocycles. The average Bonchev–Trinajstić information content (AvgIpc) is 2.45. The van der Waals surface area contributed by atoms with Gasteiger partial charge in [0.15, 0.2) is 0 Å². The van der Waals surface area contributed by atoms with Crippen LogP contribution in [0.15, 0.2) is 27.5 Å². The zero-order valence-corrected chi connectivity index (χ0v) is 14.9. The summed E-state index contributed by atoms with van der Waals surface area (Å²) in [4.78, 5) is 31.7. The number of rotatable bonds is 1. The minimum Gasteiger partial charge on any atom is -0.296 e. The van der Waals surface area contributed by atoms with Crippen molar-refractivity contribution in [3.63, 3.8) is 0 Å². The zero-order chi connectivity index (χ0) is 16.8. The molecule has 0 saturated heterocycles. The normalized spacial score (nSPS) is 13.2. The second kappa shape index (κ2) is 5.60. The summed E-state index contributed by atoms with van der Waals surface area (Å²) in [5.41, 5.74) is 2.59. The molecule has 1 aromatic heterocycles. The lowest BCUT2D eigenvalue weighted by Crippen LogP contribution is -2.30. The third-order valence-corrected chi connectivity index (χ3v) is 4.37. The van der Waals surface area contributed by atoms with Gasteiger partial charge < -0.3 is 0 Å². The summed E-state index contributed by atoms with van der Waals surface area (Å²) in [5.74, 6) is 0.0340. The Hall–Kier alpha value is -1.95. The number of nitrogens with one attached hydrogen (secondary N) is 2. The number of hydrogen-bond acceptors (Lipinski definition) is 3. The number of fused-ring (bicyclic) bond motifs is 3. The molecule has 2 aromatic rings. The van der Waals surface area contributed by atoms with Gasteiger partial charge in [-0.15, -0.1) is 0 Å². The Labute approximate surface area is 142 Å². The molecule has 6 heteroatoms. The number of carbonyl (C=O) groups is 1. The fourth-order valence-corrected chi connectivity index (χ4v) is 2.95. The van der Waals surface area contributed by atoms with Crippen molar-refractivity contribution in [3.05, 3.63) is 44.3 Å². The SMILES string of the molecule is CC(C)(C)C(=O)Nc1nc2c(c(=O)[nH]1)-c1cc(Br)ccc1CC2. The molecule has 1 amide bonds. The summed E-state index contributed by atoms with van der Waals surface area (Å²) in [6, 6.07) is 5.94. The molecule has 23 heavy (non-hydrogen) atoms. The molecule has 1 aliphatic rings. The molecular weight excluding hydrogens is 358 g/mol. The first kappa shape index (κ1) is 15.9. The summed E-state index contributed by atoms with van der Waals surface area (Å²) in [6.45, 7) is 5.44. The van der Waals surface area contributed by atoms with Crippen LogP contribution in [0.5, 0.6) is 0 Å². The third kappa shape index (κ3) is 3.08. The van der Waals surface area contributed by atoms with Crippen LogP contribution in [0.2, 0.25) is 0 Å². The molecule has 3 rings (SSSR count). The molecule has 5 nitrogen and oxygen atoms in total. The number of halogens is 1. The van der Waals surface area contributed by atoms with Crippen molar-refractivity contribution in [1.29, 1.82) is 0 Å². The standard InChI is InChI=1S/C17H18BrN3O2/c1-17(2,3)15(23)21-16-19-12-7-5-9-4-6-10(18)8-11(9)13(12)14(22)20-16/h4,6,8H,5,7H2,1-3H3,(H2,19,20,21,22,23). The van der Waals surface area contributed by atoms with E-state index in [1.54, 1.807) is 0 Å². The summed E-state index contributed by atoms with van der Waals surface area (Å²) < 4.78 is 0.925. The van der Waals surface area contributed by atoms with Crippen LogP contribution in [0.4, 0.5) is 5.95 Å². The molecular formula is C17H18BrN3O2. The fraction of sp³-hybridized carbons (Fsp3) is 0.353. The van der Waals surface area contributed by atoms with E-state index in [0.717, 1.165) is 27.7 Å². The van der Waals surface area contributed by atoms with Gasteiger partial charge in [0.25, 0.3) is 5.56 Å². The lowest BCUT2D eigenvalue weighted by molar-refractivity contribution is -0.123. The highest BCUT2D eigenvalue weighted by atomic mass is 79.9. The van der Waals surface area contributed by atoms with Crippen molar-refractivity contribution in [2.24, 2.45) is 5.41 Å². The topological polar surface area (TPSA) is 74.8 Å². The van der Waals surface area contributed by atoms with Crippen molar-refractivity contribution in [1.82, 2.24) is 9.97 Å². The molecule has 0 bridgehead atoms. The molecule has 0 aliphatic heterocycles. The number of carbonyl (C=O) groups excluding carboxylic acids is 1. The number of H-pyrrole nitrogens is 1. The van der Waals surface area contributed by atoms with Crippen molar-refractivity contribution in [2.45, 2.75) is 33.6 Å². The Morgan fingerprint density at radius 3 is 2.74 bits per heavy atom. The lowest BCUT2D eigenvalue weighted by atomic mass is 9.89. The molecule has 1 aromatic carbocycles. The number of anilines is 1. The highest BCUT2D eigenvalue weighted by molar-refractivity contribution is 9.10. The summed E-state index contributed by atoms with van der Waals surface area (Å²) >= 11 is 3.45. The number of benzene rings is 1. The van der Waals surface area contributed by atoms with Crippen LogP contribution in [-0.2, 0) is 17.6 Å². The maximum absolute atomic E-state index is 12.5. The molecule has 0 fully saturated rings. The largest absolute Gasteiger partial charge is 0.296 e. The maximum atomic E-state index is 12.5. The maximum Gasteiger partial charge on any atom is 0.260 e. The lowest BCUT2D eigenvalue weighted by Gasteiger charge is -2.20. The molecule has 2 N–H and O–H groups in total. The first-order valence-corrected chi connectivity index (χ1v) is 8.28. The fourth-order valence-electron chi connectivity index (χ4n) is 2.59. The molecule has 1 heterocycles. The Morgan fingerprint density at radius 1 is 1.30 bits per heavy atom. The third-order valence-electron chi connectivity index (χ3n) is 3.88. The number of aryl methyl sites for hydroxylation is 2. The van der Waals surface area contributed by atoms with Gasteiger partial charge in [0.2, 0.25) is 11.9 Å². The van der Waals surface area contributed by atoms with E-state index in [0.29, 0.717) is 12.0 Å². The van der Waals surface area contributed by atoms with E-state index in [-0.39, 0.29) is 17.4 Å². The van der Waals surface area contributed by atoms with Gasteiger partial charge in [0.05, 0.1) is 11.3 Å². The molecule has 0 radical (unpaired) electrons. The van der Waals surface area contributed by atoms with Crippen molar-refractivity contribution in [2.75, 3.05) is 5.32 Å². The molecule has 0 unspecified atom stereocenters. The van der Waals surface area contributed by atoms with Crippen molar-refractivity contribution >= 4 is 27.8 Å². The quantitative estimate of drug-likeness (QED) is 0.802. The van der Waals surface area contributed by atoms with Crippen LogP contribution < -0.4 is 10.9 Å². The second-order valence-electron chi connectivity index (χ2n) is 6.74. The number of hydrogen-bond donors (Lipinski definition) is 2. The highest BCUT2D eigenvalue weighted by Crippen LogP contribution is 2.32. The second-order valence-corrected chi connectivity index (χ2v) is 7.66. The Morgan fingerprint density at radius 2 is 2.04 bits per heavy atom. The number of aromatic nitrogens is 2. The van der Waals surface area contributed by atoms with Crippen LogP contribution in [-0.4, -0.2) is 15.9 Å². The monoisotopic (exact) mass is 375 g/mol. The Kier molecular flexibility index (Phi) is 3.88. The van der Waals surface area contributed by atoms with Crippen LogP contribution in [0.1, 0.15) is 32.0 Å². The van der Waals surface area contributed by atoms with Gasteiger partial charge in [0, 0.05) is 9.89 Å². The van der Waals surface area contributed by atoms with Crippen LogP contribution in [0.25, 0.3) is 11.1 Å². The minimum absolute atomic E-state index is 0.181. The zero-order valence-electron chi connectivity index (χ0n) is 13.3. The van der Waals surface area contributed by atoms with Gasteiger partial charge in [0.1, 0.15) is 0 Å². The summed E-state index contributed by atoms with van der Waals surface area (Å²) in [5, 5.41) is 2.69. The molecule has 120 valence electrons. The average molecular weight is 376 g/mol. The van der Waals surface area contributed by atoms with Gasteiger partial charge in [-0.25, -0.2) is 4.98 Å². The summed E-state index contributed by atoms with van der Waals surface area (Å²) in [6.07, 6.45) is 1.52. The van der Waals surface area contributed by atoms with Crippen molar-refractivity contribution < 1.29 is 4.79 Å². The molecule has 0 atom stereocenters.